The van der Waals surface area contributed by atoms with Gasteiger partial charge >= 0.3 is 0 Å². The maximum absolute atomic E-state index is 12.1. The second-order valence-electron chi connectivity index (χ2n) is 4.88. The van der Waals surface area contributed by atoms with Gasteiger partial charge in [0.05, 0.1) is 30.8 Å². The number of hydrogen-bond acceptors (Lipinski definition) is 5. The Morgan fingerprint density at radius 3 is 3.20 bits per heavy atom. The van der Waals surface area contributed by atoms with E-state index in [1.54, 1.807) is 10.9 Å². The minimum absolute atomic E-state index is 0.104. The largest absolute Gasteiger partial charge is 0.378 e. The van der Waals surface area contributed by atoms with Crippen molar-refractivity contribution in [1.29, 1.82) is 0 Å². The molecule has 1 aliphatic heterocycles. The Labute approximate surface area is 116 Å². The molecule has 2 aromatic heterocycles. The summed E-state index contributed by atoms with van der Waals surface area (Å²) in [4.78, 5) is 16.4. The first-order valence-corrected chi connectivity index (χ1v) is 6.56. The number of carbonyl (C=O) groups excluding carboxylic acids is 1. The highest BCUT2D eigenvalue weighted by atomic mass is 16.5. The highest BCUT2D eigenvalue weighted by Crippen LogP contribution is 2.19. The van der Waals surface area contributed by atoms with Gasteiger partial charge in [0.25, 0.3) is 0 Å². The molecule has 20 heavy (non-hydrogen) atoms. The van der Waals surface area contributed by atoms with E-state index in [-0.39, 0.29) is 11.9 Å². The number of aryl methyl sites for hydroxylation is 2. The van der Waals surface area contributed by atoms with Crippen molar-refractivity contribution in [3.8, 4) is 0 Å². The summed E-state index contributed by atoms with van der Waals surface area (Å²) in [5, 5.41) is 11.2. The predicted molar refractivity (Wildman–Crippen MR) is 74.5 cm³/mol. The molecular weight excluding hydrogens is 258 g/mol. The fourth-order valence-corrected chi connectivity index (χ4v) is 2.34. The number of hydrogen-bond donors (Lipinski definition) is 2. The second kappa shape index (κ2) is 5.18. The van der Waals surface area contributed by atoms with Crippen molar-refractivity contribution in [3.05, 3.63) is 18.0 Å². The molecule has 1 unspecified atom stereocenters. The monoisotopic (exact) mass is 275 g/mol. The summed E-state index contributed by atoms with van der Waals surface area (Å²) >= 11 is 0. The highest BCUT2D eigenvalue weighted by molar-refractivity contribution is 5.96. The first-order valence-electron chi connectivity index (χ1n) is 6.56. The zero-order valence-corrected chi connectivity index (χ0v) is 11.5. The third-order valence-electron chi connectivity index (χ3n) is 3.37. The van der Waals surface area contributed by atoms with Crippen LogP contribution < -0.4 is 10.6 Å². The molecule has 0 bridgehead atoms. The van der Waals surface area contributed by atoms with E-state index in [4.69, 9.17) is 4.74 Å². The fourth-order valence-electron chi connectivity index (χ4n) is 2.34. The van der Waals surface area contributed by atoms with Crippen LogP contribution in [-0.2, 0) is 16.6 Å². The molecule has 2 aromatic rings. The Kier molecular flexibility index (Phi) is 3.37. The molecule has 1 fully saturated rings. The number of rotatable bonds is 2. The summed E-state index contributed by atoms with van der Waals surface area (Å²) in [6.07, 6.45) is 1.64. The Balaban J connectivity index is 1.80. The third kappa shape index (κ3) is 2.37. The summed E-state index contributed by atoms with van der Waals surface area (Å²) in [6, 6.07) is 1.58. The van der Waals surface area contributed by atoms with Crippen molar-refractivity contribution >= 4 is 22.6 Å². The van der Waals surface area contributed by atoms with Gasteiger partial charge in [0.15, 0.2) is 5.65 Å². The average molecular weight is 275 g/mol. The van der Waals surface area contributed by atoms with Crippen LogP contribution in [0.3, 0.4) is 0 Å². The molecule has 0 aliphatic carbocycles. The number of nitrogens with zero attached hydrogens (tertiary/aromatic N) is 3. The summed E-state index contributed by atoms with van der Waals surface area (Å²) in [5.41, 5.74) is 2.37. The van der Waals surface area contributed by atoms with Gasteiger partial charge in [-0.25, -0.2) is 4.98 Å². The molecule has 1 saturated heterocycles. The van der Waals surface area contributed by atoms with E-state index in [0.717, 1.165) is 16.7 Å². The van der Waals surface area contributed by atoms with Crippen LogP contribution in [0.5, 0.6) is 0 Å². The zero-order valence-electron chi connectivity index (χ0n) is 11.5. The molecule has 0 radical (unpaired) electrons. The standard InChI is InChI=1S/C13H17N5O2/c1-8-10-5-9(6-15-12(10)18(2)17-8)16-13(19)11-7-20-4-3-14-11/h5-6,11,14H,3-4,7H2,1-2H3,(H,16,19). The van der Waals surface area contributed by atoms with Gasteiger partial charge in [0, 0.05) is 19.0 Å². The number of anilines is 1. The maximum atomic E-state index is 12.1. The molecule has 7 heteroatoms. The molecule has 0 spiro atoms. The van der Waals surface area contributed by atoms with Crippen molar-refractivity contribution in [2.45, 2.75) is 13.0 Å². The summed E-state index contributed by atoms with van der Waals surface area (Å²) in [6.45, 7) is 3.66. The first kappa shape index (κ1) is 13.0. The molecule has 0 aromatic carbocycles. The molecule has 106 valence electrons. The van der Waals surface area contributed by atoms with Crippen LogP contribution in [-0.4, -0.2) is 46.5 Å². The minimum atomic E-state index is -0.311. The summed E-state index contributed by atoms with van der Waals surface area (Å²) in [5.74, 6) is -0.104. The smallest absolute Gasteiger partial charge is 0.243 e. The van der Waals surface area contributed by atoms with Crippen LogP contribution >= 0.6 is 0 Å². The summed E-state index contributed by atoms with van der Waals surface area (Å²) < 4.78 is 7.01. The molecular formula is C13H17N5O2. The maximum Gasteiger partial charge on any atom is 0.243 e. The van der Waals surface area contributed by atoms with Crippen LogP contribution in [0.2, 0.25) is 0 Å². The van der Waals surface area contributed by atoms with Gasteiger partial charge in [0.2, 0.25) is 5.91 Å². The van der Waals surface area contributed by atoms with Crippen LogP contribution in [0, 0.1) is 6.92 Å². The van der Waals surface area contributed by atoms with Gasteiger partial charge in [0.1, 0.15) is 6.04 Å². The van der Waals surface area contributed by atoms with E-state index in [0.29, 0.717) is 25.4 Å². The molecule has 2 N–H and O–H groups in total. The van der Waals surface area contributed by atoms with Crippen molar-refractivity contribution in [3.63, 3.8) is 0 Å². The van der Waals surface area contributed by atoms with Crippen LogP contribution in [0.15, 0.2) is 12.3 Å². The van der Waals surface area contributed by atoms with E-state index in [9.17, 15) is 4.79 Å². The lowest BCUT2D eigenvalue weighted by Gasteiger charge is -2.22. The molecule has 7 nitrogen and oxygen atoms in total. The number of carbonyl (C=O) groups is 1. The van der Waals surface area contributed by atoms with Crippen LogP contribution in [0.4, 0.5) is 5.69 Å². The molecule has 1 amide bonds. The van der Waals surface area contributed by atoms with Crippen LogP contribution in [0.25, 0.3) is 11.0 Å². The molecule has 3 heterocycles. The van der Waals surface area contributed by atoms with Gasteiger partial charge in [-0.15, -0.1) is 0 Å². The van der Waals surface area contributed by atoms with Crippen molar-refractivity contribution in [2.75, 3.05) is 25.1 Å². The molecule has 0 saturated carbocycles. The third-order valence-corrected chi connectivity index (χ3v) is 3.37. The normalized spacial score (nSPS) is 19.2. The minimum Gasteiger partial charge on any atom is -0.378 e. The quantitative estimate of drug-likeness (QED) is 0.818. The Hall–Kier alpha value is -1.99. The van der Waals surface area contributed by atoms with Crippen molar-refractivity contribution in [1.82, 2.24) is 20.1 Å². The van der Waals surface area contributed by atoms with Crippen LogP contribution in [0.1, 0.15) is 5.69 Å². The second-order valence-corrected chi connectivity index (χ2v) is 4.88. The fraction of sp³-hybridized carbons (Fsp3) is 0.462. The lowest BCUT2D eigenvalue weighted by Crippen LogP contribution is -2.48. The van der Waals surface area contributed by atoms with Crippen molar-refractivity contribution in [2.24, 2.45) is 7.05 Å². The Bertz CT molecular complexity index is 645. The Morgan fingerprint density at radius 2 is 2.45 bits per heavy atom. The lowest BCUT2D eigenvalue weighted by atomic mass is 10.2. The van der Waals surface area contributed by atoms with E-state index >= 15 is 0 Å². The molecule has 1 aliphatic rings. The number of aromatic nitrogens is 3. The van der Waals surface area contributed by atoms with E-state index in [2.05, 4.69) is 20.7 Å². The Morgan fingerprint density at radius 1 is 1.60 bits per heavy atom. The molecule has 3 rings (SSSR count). The van der Waals surface area contributed by atoms with E-state index < -0.39 is 0 Å². The van der Waals surface area contributed by atoms with Gasteiger partial charge in [-0.05, 0) is 13.0 Å². The average Bonchev–Trinajstić information content (AvgIpc) is 2.75. The molecule has 1 atom stereocenters. The number of ether oxygens (including phenoxy) is 1. The van der Waals surface area contributed by atoms with Gasteiger partial charge < -0.3 is 15.4 Å². The predicted octanol–water partition coefficient (Wildman–Crippen LogP) is 0.204. The van der Waals surface area contributed by atoms with Crippen molar-refractivity contribution < 1.29 is 9.53 Å². The zero-order chi connectivity index (χ0) is 14.1. The number of fused-ring (bicyclic) bond motifs is 1. The SMILES string of the molecule is Cc1nn(C)c2ncc(NC(=O)C3COCCN3)cc12. The van der Waals surface area contributed by atoms with Gasteiger partial charge in [-0.1, -0.05) is 0 Å². The number of morpholine rings is 1. The number of pyridine rings is 1. The van der Waals surface area contributed by atoms with Gasteiger partial charge in [-0.2, -0.15) is 5.10 Å². The van der Waals surface area contributed by atoms with Gasteiger partial charge in [-0.3, -0.25) is 9.48 Å². The number of nitrogens with one attached hydrogen (secondary N) is 2. The number of amides is 1. The summed E-state index contributed by atoms with van der Waals surface area (Å²) in [7, 11) is 1.85. The van der Waals surface area contributed by atoms with E-state index in [1.807, 2.05) is 20.0 Å². The lowest BCUT2D eigenvalue weighted by molar-refractivity contribution is -0.120. The first-order chi connectivity index (χ1) is 9.65. The topological polar surface area (TPSA) is 81.1 Å². The van der Waals surface area contributed by atoms with E-state index in [1.165, 1.54) is 0 Å². The highest BCUT2D eigenvalue weighted by Gasteiger charge is 2.21.